The standard InChI is InChI=1S/C18H29NO/c1-4-12-19-14-16(15-8-6-5-7-9-15)13-17-10-11-18(2,3)20-17/h5-9,16-17,19H,4,10-14H2,1-3H3. The van der Waals surface area contributed by atoms with Crippen molar-refractivity contribution in [2.45, 2.75) is 64.1 Å². The minimum Gasteiger partial charge on any atom is -0.372 e. The van der Waals surface area contributed by atoms with Gasteiger partial charge in [-0.15, -0.1) is 0 Å². The van der Waals surface area contributed by atoms with E-state index in [1.54, 1.807) is 0 Å². The Morgan fingerprint density at radius 2 is 2.05 bits per heavy atom. The number of hydrogen-bond acceptors (Lipinski definition) is 2. The Morgan fingerprint density at radius 1 is 1.30 bits per heavy atom. The lowest BCUT2D eigenvalue weighted by atomic mass is 9.92. The van der Waals surface area contributed by atoms with E-state index in [1.807, 2.05) is 0 Å². The second-order valence-electron chi connectivity index (χ2n) is 6.59. The van der Waals surface area contributed by atoms with Gasteiger partial charge in [0.2, 0.25) is 0 Å². The van der Waals surface area contributed by atoms with Crippen LogP contribution >= 0.6 is 0 Å². The van der Waals surface area contributed by atoms with E-state index in [4.69, 9.17) is 4.74 Å². The topological polar surface area (TPSA) is 21.3 Å². The zero-order chi connectivity index (χ0) is 14.4. The first-order valence-corrected chi connectivity index (χ1v) is 8.04. The molecular weight excluding hydrogens is 246 g/mol. The van der Waals surface area contributed by atoms with Crippen molar-refractivity contribution < 1.29 is 4.74 Å². The van der Waals surface area contributed by atoms with E-state index in [1.165, 1.54) is 24.8 Å². The molecular formula is C18H29NO. The molecule has 1 aliphatic heterocycles. The minimum absolute atomic E-state index is 0.0722. The molecule has 1 aromatic rings. The first-order valence-electron chi connectivity index (χ1n) is 8.04. The van der Waals surface area contributed by atoms with Gasteiger partial charge in [-0.1, -0.05) is 37.3 Å². The molecule has 0 aliphatic carbocycles. The summed E-state index contributed by atoms with van der Waals surface area (Å²) in [4.78, 5) is 0. The Hall–Kier alpha value is -0.860. The normalized spacial score (nSPS) is 22.9. The summed E-state index contributed by atoms with van der Waals surface area (Å²) in [6.45, 7) is 8.78. The van der Waals surface area contributed by atoms with Crippen LogP contribution in [0.3, 0.4) is 0 Å². The summed E-state index contributed by atoms with van der Waals surface area (Å²) in [6, 6.07) is 10.9. The molecule has 2 rings (SSSR count). The lowest BCUT2D eigenvalue weighted by Gasteiger charge is -2.24. The molecule has 0 spiro atoms. The van der Waals surface area contributed by atoms with Crippen LogP contribution in [0, 0.1) is 0 Å². The van der Waals surface area contributed by atoms with Gasteiger partial charge in [0, 0.05) is 6.54 Å². The van der Waals surface area contributed by atoms with Gasteiger partial charge in [-0.05, 0) is 57.6 Å². The fraction of sp³-hybridized carbons (Fsp3) is 0.667. The summed E-state index contributed by atoms with van der Waals surface area (Å²) in [5, 5.41) is 3.57. The highest BCUT2D eigenvalue weighted by atomic mass is 16.5. The highest BCUT2D eigenvalue weighted by molar-refractivity contribution is 5.20. The zero-order valence-corrected chi connectivity index (χ0v) is 13.2. The number of hydrogen-bond donors (Lipinski definition) is 1. The van der Waals surface area contributed by atoms with Crippen LogP contribution in [0.2, 0.25) is 0 Å². The Kier molecular flexibility index (Phi) is 5.62. The van der Waals surface area contributed by atoms with Gasteiger partial charge < -0.3 is 10.1 Å². The number of benzene rings is 1. The van der Waals surface area contributed by atoms with Crippen LogP contribution in [0.4, 0.5) is 0 Å². The van der Waals surface area contributed by atoms with Crippen LogP contribution < -0.4 is 5.32 Å². The molecule has 2 nitrogen and oxygen atoms in total. The molecule has 0 amide bonds. The first kappa shape index (κ1) is 15.5. The summed E-state index contributed by atoms with van der Waals surface area (Å²) in [5.41, 5.74) is 1.51. The largest absolute Gasteiger partial charge is 0.372 e. The lowest BCUT2D eigenvalue weighted by Crippen LogP contribution is -2.26. The summed E-state index contributed by atoms with van der Waals surface area (Å²) in [5.74, 6) is 0.557. The van der Waals surface area contributed by atoms with E-state index in [2.05, 4.69) is 56.4 Å². The first-order chi connectivity index (χ1) is 9.61. The fourth-order valence-electron chi connectivity index (χ4n) is 3.08. The average molecular weight is 275 g/mol. The maximum Gasteiger partial charge on any atom is 0.0631 e. The summed E-state index contributed by atoms with van der Waals surface area (Å²) in [6.07, 6.45) is 5.11. The maximum atomic E-state index is 6.18. The Labute approximate surface area is 123 Å². The molecule has 0 radical (unpaired) electrons. The highest BCUT2D eigenvalue weighted by Crippen LogP contribution is 2.34. The minimum atomic E-state index is 0.0722. The van der Waals surface area contributed by atoms with Gasteiger partial charge in [0.05, 0.1) is 11.7 Å². The molecule has 1 N–H and O–H groups in total. The van der Waals surface area contributed by atoms with Gasteiger partial charge in [-0.25, -0.2) is 0 Å². The molecule has 1 aromatic carbocycles. The van der Waals surface area contributed by atoms with Crippen molar-refractivity contribution in [1.29, 1.82) is 0 Å². The van der Waals surface area contributed by atoms with Crippen molar-refractivity contribution in [1.82, 2.24) is 5.32 Å². The third-order valence-corrected chi connectivity index (χ3v) is 4.19. The Balaban J connectivity index is 1.96. The van der Waals surface area contributed by atoms with Gasteiger partial charge in [0.25, 0.3) is 0 Å². The molecule has 1 aliphatic rings. The molecule has 0 aromatic heterocycles. The molecule has 112 valence electrons. The molecule has 1 heterocycles. The second-order valence-corrected chi connectivity index (χ2v) is 6.59. The maximum absolute atomic E-state index is 6.18. The average Bonchev–Trinajstić information content (AvgIpc) is 2.78. The second kappa shape index (κ2) is 7.24. The molecule has 1 saturated heterocycles. The van der Waals surface area contributed by atoms with Crippen LogP contribution in [-0.4, -0.2) is 24.8 Å². The third kappa shape index (κ3) is 4.60. The van der Waals surface area contributed by atoms with E-state index in [0.717, 1.165) is 19.5 Å². The third-order valence-electron chi connectivity index (χ3n) is 4.19. The molecule has 0 saturated carbocycles. The van der Waals surface area contributed by atoms with Crippen molar-refractivity contribution in [3.8, 4) is 0 Å². The predicted octanol–water partition coefficient (Wildman–Crippen LogP) is 4.12. The van der Waals surface area contributed by atoms with Gasteiger partial charge >= 0.3 is 0 Å². The van der Waals surface area contributed by atoms with Crippen molar-refractivity contribution in [3.05, 3.63) is 35.9 Å². The monoisotopic (exact) mass is 275 g/mol. The van der Waals surface area contributed by atoms with E-state index in [-0.39, 0.29) is 5.60 Å². The smallest absolute Gasteiger partial charge is 0.0631 e. The molecule has 2 atom stereocenters. The summed E-state index contributed by atoms with van der Waals surface area (Å²) >= 11 is 0. The van der Waals surface area contributed by atoms with Gasteiger partial charge in [0.1, 0.15) is 0 Å². The Bertz CT molecular complexity index is 388. The number of nitrogens with one attached hydrogen (secondary N) is 1. The van der Waals surface area contributed by atoms with Crippen LogP contribution in [-0.2, 0) is 4.74 Å². The summed E-state index contributed by atoms with van der Waals surface area (Å²) in [7, 11) is 0. The zero-order valence-electron chi connectivity index (χ0n) is 13.2. The van der Waals surface area contributed by atoms with E-state index in [0.29, 0.717) is 12.0 Å². The highest BCUT2D eigenvalue weighted by Gasteiger charge is 2.33. The van der Waals surface area contributed by atoms with Gasteiger partial charge in [-0.3, -0.25) is 0 Å². The molecule has 2 heteroatoms. The lowest BCUT2D eigenvalue weighted by molar-refractivity contribution is -0.0209. The molecule has 20 heavy (non-hydrogen) atoms. The molecule has 1 fully saturated rings. The van der Waals surface area contributed by atoms with Crippen molar-refractivity contribution >= 4 is 0 Å². The predicted molar refractivity (Wildman–Crippen MR) is 85.1 cm³/mol. The molecule has 2 unspecified atom stereocenters. The summed E-state index contributed by atoms with van der Waals surface area (Å²) < 4.78 is 6.18. The van der Waals surface area contributed by atoms with Crippen molar-refractivity contribution in [2.24, 2.45) is 0 Å². The van der Waals surface area contributed by atoms with E-state index >= 15 is 0 Å². The van der Waals surface area contributed by atoms with Crippen molar-refractivity contribution in [2.75, 3.05) is 13.1 Å². The van der Waals surface area contributed by atoms with Gasteiger partial charge in [-0.2, -0.15) is 0 Å². The molecule has 0 bridgehead atoms. The van der Waals surface area contributed by atoms with Crippen LogP contribution in [0.25, 0.3) is 0 Å². The van der Waals surface area contributed by atoms with Gasteiger partial charge in [0.15, 0.2) is 0 Å². The van der Waals surface area contributed by atoms with E-state index < -0.39 is 0 Å². The van der Waals surface area contributed by atoms with E-state index in [9.17, 15) is 0 Å². The van der Waals surface area contributed by atoms with Crippen molar-refractivity contribution in [3.63, 3.8) is 0 Å². The van der Waals surface area contributed by atoms with Crippen LogP contribution in [0.15, 0.2) is 30.3 Å². The quantitative estimate of drug-likeness (QED) is 0.756. The Morgan fingerprint density at radius 3 is 2.65 bits per heavy atom. The van der Waals surface area contributed by atoms with Crippen LogP contribution in [0.1, 0.15) is 57.9 Å². The number of rotatable bonds is 7. The van der Waals surface area contributed by atoms with Crippen LogP contribution in [0.5, 0.6) is 0 Å². The number of ether oxygens (including phenoxy) is 1. The fourth-order valence-corrected chi connectivity index (χ4v) is 3.08. The SMILES string of the molecule is CCCNCC(CC1CCC(C)(C)O1)c1ccccc1.